The van der Waals surface area contributed by atoms with Crippen molar-refractivity contribution in [1.82, 2.24) is 9.55 Å². The second-order valence-corrected chi connectivity index (χ2v) is 7.40. The van der Waals surface area contributed by atoms with Gasteiger partial charge in [-0.3, -0.25) is 0 Å². The molecule has 0 fully saturated rings. The quantitative estimate of drug-likeness (QED) is 0.246. The summed E-state index contributed by atoms with van der Waals surface area (Å²) in [6, 6.07) is 17.3. The molecule has 0 aliphatic heterocycles. The minimum absolute atomic E-state index is 0.255. The van der Waals surface area contributed by atoms with Gasteiger partial charge < -0.3 is 30.0 Å². The molecule has 3 aromatic carbocycles. The Morgan fingerprint density at radius 1 is 1.09 bits per heavy atom. The number of nitrogens with zero attached hydrogens (tertiary/aromatic N) is 4. The van der Waals surface area contributed by atoms with Crippen LogP contribution >= 0.6 is 0 Å². The van der Waals surface area contributed by atoms with E-state index in [9.17, 15) is 15.0 Å². The number of fused-ring (bicyclic) bond motifs is 1. The fourth-order valence-corrected chi connectivity index (χ4v) is 3.40. The van der Waals surface area contributed by atoms with Gasteiger partial charge in [-0.05, 0) is 23.8 Å². The second kappa shape index (κ2) is 10.0. The first kappa shape index (κ1) is 22.7. The molecule has 0 aliphatic carbocycles. The van der Waals surface area contributed by atoms with Crippen LogP contribution in [0.25, 0.3) is 11.0 Å². The normalized spacial score (nSPS) is 11.3. The number of phenols is 1. The summed E-state index contributed by atoms with van der Waals surface area (Å²) in [6.07, 6.45) is 0. The highest BCUT2D eigenvalue weighted by atomic mass is 16.5. The van der Waals surface area contributed by atoms with E-state index in [-0.39, 0.29) is 17.0 Å². The van der Waals surface area contributed by atoms with Crippen LogP contribution in [0.1, 0.15) is 15.9 Å². The number of aromatic nitrogens is 2. The van der Waals surface area contributed by atoms with E-state index >= 15 is 0 Å². The zero-order valence-corrected chi connectivity index (χ0v) is 18.4. The molecular weight excluding hydrogens is 438 g/mol. The highest BCUT2D eigenvalue weighted by Crippen LogP contribution is 2.34. The van der Waals surface area contributed by atoms with Crippen LogP contribution in [0, 0.1) is 0 Å². The molecule has 1 heterocycles. The number of nitrogens with two attached hydrogens (primary N) is 1. The summed E-state index contributed by atoms with van der Waals surface area (Å²) in [6.45, 7) is 1.24. The number of rotatable bonds is 9. The first-order valence-corrected chi connectivity index (χ1v) is 10.4. The third-order valence-corrected chi connectivity index (χ3v) is 5.06. The van der Waals surface area contributed by atoms with Crippen molar-refractivity contribution >= 4 is 34.3 Å². The maximum Gasteiger partial charge on any atom is 0.339 e. The molecule has 0 aliphatic rings. The van der Waals surface area contributed by atoms with Gasteiger partial charge >= 0.3 is 5.97 Å². The van der Waals surface area contributed by atoms with Gasteiger partial charge in [-0.1, -0.05) is 30.3 Å². The molecule has 34 heavy (non-hydrogen) atoms. The average molecular weight is 461 g/mol. The molecule has 10 nitrogen and oxygen atoms in total. The summed E-state index contributed by atoms with van der Waals surface area (Å²) in [5.74, 6) is -0.778. The second-order valence-electron chi connectivity index (χ2n) is 7.40. The van der Waals surface area contributed by atoms with Crippen molar-refractivity contribution in [1.29, 1.82) is 0 Å². The van der Waals surface area contributed by atoms with Gasteiger partial charge in [-0.2, -0.15) is 5.11 Å². The van der Waals surface area contributed by atoms with Gasteiger partial charge in [0.15, 0.2) is 0 Å². The molecule has 0 amide bonds. The number of aromatic carboxylic acids is 1. The summed E-state index contributed by atoms with van der Waals surface area (Å²) < 4.78 is 12.7. The molecule has 4 N–H and O–H groups in total. The maximum absolute atomic E-state index is 11.3. The minimum Gasteiger partial charge on any atom is -0.507 e. The van der Waals surface area contributed by atoms with Crippen LogP contribution in [-0.2, 0) is 11.3 Å². The number of anilines is 1. The summed E-state index contributed by atoms with van der Waals surface area (Å²) >= 11 is 0. The molecule has 0 spiro atoms. The Kier molecular flexibility index (Phi) is 6.69. The van der Waals surface area contributed by atoms with E-state index in [1.807, 2.05) is 41.0 Å². The number of carbonyl (C=O) groups is 1. The molecular formula is C24H23N5O5. The molecule has 1 aromatic heterocycles. The predicted molar refractivity (Wildman–Crippen MR) is 126 cm³/mol. The number of hydrogen-bond acceptors (Lipinski definition) is 8. The number of hydrogen-bond donors (Lipinski definition) is 3. The molecule has 0 atom stereocenters. The Labute approximate surface area is 194 Å². The monoisotopic (exact) mass is 461 g/mol. The molecule has 174 valence electrons. The summed E-state index contributed by atoms with van der Waals surface area (Å²) in [5, 5.41) is 27.4. The van der Waals surface area contributed by atoms with E-state index in [2.05, 4.69) is 15.2 Å². The van der Waals surface area contributed by atoms with Crippen molar-refractivity contribution in [3.05, 3.63) is 71.8 Å². The number of nitrogen functional groups attached to an aromatic ring is 1. The van der Waals surface area contributed by atoms with Crippen LogP contribution in [0.5, 0.6) is 11.5 Å². The van der Waals surface area contributed by atoms with E-state index in [1.165, 1.54) is 18.2 Å². The third-order valence-electron chi connectivity index (χ3n) is 5.06. The Morgan fingerprint density at radius 3 is 2.62 bits per heavy atom. The lowest BCUT2D eigenvalue weighted by molar-refractivity contribution is 0.0693. The maximum atomic E-state index is 11.3. The SMILES string of the molecule is COCCOc1cc(/N=N\c2ccc(O)c(C(=O)O)c2)c2nc(N)n(Cc3ccccc3)c2c1. The number of methoxy groups -OCH3 is 1. The van der Waals surface area contributed by atoms with Crippen molar-refractivity contribution in [2.24, 2.45) is 10.2 Å². The lowest BCUT2D eigenvalue weighted by atomic mass is 10.2. The Morgan fingerprint density at radius 2 is 1.88 bits per heavy atom. The van der Waals surface area contributed by atoms with E-state index in [1.54, 1.807) is 13.2 Å². The van der Waals surface area contributed by atoms with E-state index in [4.69, 9.17) is 15.2 Å². The van der Waals surface area contributed by atoms with Gasteiger partial charge in [0.2, 0.25) is 5.95 Å². The van der Waals surface area contributed by atoms with Gasteiger partial charge in [0.25, 0.3) is 0 Å². The number of aromatic hydroxyl groups is 1. The van der Waals surface area contributed by atoms with Gasteiger partial charge in [0.05, 0.1) is 24.4 Å². The first-order chi connectivity index (χ1) is 16.5. The zero-order valence-electron chi connectivity index (χ0n) is 18.4. The molecule has 0 unspecified atom stereocenters. The topological polar surface area (TPSA) is 145 Å². The van der Waals surface area contributed by atoms with Gasteiger partial charge in [0.1, 0.15) is 34.9 Å². The minimum atomic E-state index is -1.27. The molecule has 4 aromatic rings. The molecule has 0 saturated carbocycles. The average Bonchev–Trinajstić information content (AvgIpc) is 3.14. The number of carboxylic acid groups (broad SMARTS) is 1. The number of ether oxygens (including phenoxy) is 2. The van der Waals surface area contributed by atoms with E-state index in [0.717, 1.165) is 5.56 Å². The number of benzene rings is 3. The van der Waals surface area contributed by atoms with Crippen LogP contribution < -0.4 is 10.5 Å². The van der Waals surface area contributed by atoms with Gasteiger partial charge in [-0.25, -0.2) is 9.78 Å². The number of carboxylic acids is 1. The number of azo groups is 1. The number of imidazole rings is 1. The van der Waals surface area contributed by atoms with Crippen LogP contribution in [0.3, 0.4) is 0 Å². The van der Waals surface area contributed by atoms with Crippen molar-refractivity contribution in [2.45, 2.75) is 6.54 Å². The van der Waals surface area contributed by atoms with Crippen LogP contribution in [0.4, 0.5) is 17.3 Å². The molecule has 0 bridgehead atoms. The van der Waals surface area contributed by atoms with Crippen molar-refractivity contribution < 1.29 is 24.5 Å². The fourth-order valence-electron chi connectivity index (χ4n) is 3.40. The van der Waals surface area contributed by atoms with Crippen LogP contribution in [-0.4, -0.2) is 46.1 Å². The van der Waals surface area contributed by atoms with Gasteiger partial charge in [-0.15, -0.1) is 5.11 Å². The van der Waals surface area contributed by atoms with Crippen molar-refractivity contribution in [2.75, 3.05) is 26.1 Å². The van der Waals surface area contributed by atoms with Gasteiger partial charge in [0, 0.05) is 19.2 Å². The van der Waals surface area contributed by atoms with E-state index < -0.39 is 5.97 Å². The lowest BCUT2D eigenvalue weighted by Gasteiger charge is -2.10. The third kappa shape index (κ3) is 4.97. The predicted octanol–water partition coefficient (Wildman–Crippen LogP) is 4.51. The Hall–Kier alpha value is -4.44. The lowest BCUT2D eigenvalue weighted by Crippen LogP contribution is -2.06. The summed E-state index contributed by atoms with van der Waals surface area (Å²) in [4.78, 5) is 15.8. The standard InChI is InChI=1S/C24H23N5O5/c1-33-9-10-34-17-12-19(28-27-16-7-8-21(30)18(11-16)23(31)32)22-20(13-17)29(24(25)26-22)14-15-5-3-2-4-6-15/h2-8,11-13,30H,9-10,14H2,1H3,(H2,25,26)(H,31,32)/b28-27-. The summed E-state index contributed by atoms with van der Waals surface area (Å²) in [7, 11) is 1.59. The van der Waals surface area contributed by atoms with Crippen molar-refractivity contribution in [3.63, 3.8) is 0 Å². The van der Waals surface area contributed by atoms with E-state index in [0.29, 0.717) is 48.2 Å². The highest BCUT2D eigenvalue weighted by molar-refractivity contribution is 5.92. The molecule has 4 rings (SSSR count). The Balaban J connectivity index is 1.77. The first-order valence-electron chi connectivity index (χ1n) is 10.4. The smallest absolute Gasteiger partial charge is 0.339 e. The molecule has 10 heteroatoms. The van der Waals surface area contributed by atoms with Crippen molar-refractivity contribution in [3.8, 4) is 11.5 Å². The largest absolute Gasteiger partial charge is 0.507 e. The molecule has 0 radical (unpaired) electrons. The summed E-state index contributed by atoms with van der Waals surface area (Å²) in [5.41, 5.74) is 8.91. The Bertz CT molecular complexity index is 1350. The zero-order chi connectivity index (χ0) is 24.1. The molecule has 0 saturated heterocycles. The fraction of sp³-hybridized carbons (Fsp3) is 0.167. The van der Waals surface area contributed by atoms with Crippen LogP contribution in [0.2, 0.25) is 0 Å². The highest BCUT2D eigenvalue weighted by Gasteiger charge is 2.16. The van der Waals surface area contributed by atoms with Crippen LogP contribution in [0.15, 0.2) is 70.9 Å².